The number of piperidine rings is 2. The maximum absolute atomic E-state index is 12.7. The molecule has 2 fully saturated rings. The molecule has 2 aliphatic heterocycles. The summed E-state index contributed by atoms with van der Waals surface area (Å²) in [4.78, 5) is 38.0. The molecular formula is C36H47BrN4O4S2. The Morgan fingerprint density at radius 2 is 1.26 bits per heavy atom. The lowest BCUT2D eigenvalue weighted by molar-refractivity contribution is 0.00278. The molecule has 2 aliphatic rings. The van der Waals surface area contributed by atoms with E-state index in [9.17, 15) is 9.59 Å². The summed E-state index contributed by atoms with van der Waals surface area (Å²) in [5, 5.41) is 0. The van der Waals surface area contributed by atoms with E-state index in [1.165, 1.54) is 4.70 Å². The van der Waals surface area contributed by atoms with Gasteiger partial charge in [0.2, 0.25) is 0 Å². The number of likely N-dealkylation sites (tertiary alicyclic amines) is 2. The Morgan fingerprint density at radius 1 is 0.766 bits per heavy atom. The largest absolute Gasteiger partial charge is 0.444 e. The van der Waals surface area contributed by atoms with Crippen LogP contribution >= 0.6 is 38.6 Å². The number of nitrogens with zero attached hydrogens (tertiary/aromatic N) is 4. The van der Waals surface area contributed by atoms with E-state index >= 15 is 0 Å². The van der Waals surface area contributed by atoms with Crippen LogP contribution in [0.1, 0.15) is 104 Å². The summed E-state index contributed by atoms with van der Waals surface area (Å²) >= 11 is 6.71. The minimum atomic E-state index is -0.480. The van der Waals surface area contributed by atoms with Gasteiger partial charge in [0.25, 0.3) is 0 Å². The highest BCUT2D eigenvalue weighted by Gasteiger charge is 2.35. The van der Waals surface area contributed by atoms with E-state index in [4.69, 9.17) is 9.47 Å². The third-order valence-electron chi connectivity index (χ3n) is 8.40. The zero-order valence-electron chi connectivity index (χ0n) is 28.7. The van der Waals surface area contributed by atoms with Crippen LogP contribution in [0, 0.1) is 11.8 Å². The lowest BCUT2D eigenvalue weighted by Gasteiger charge is -2.39. The molecule has 11 heteroatoms. The summed E-state index contributed by atoms with van der Waals surface area (Å²) in [6.07, 6.45) is 3.72. The van der Waals surface area contributed by atoms with Crippen molar-refractivity contribution in [3.8, 4) is 0 Å². The lowest BCUT2D eigenvalue weighted by Crippen LogP contribution is -2.44. The van der Waals surface area contributed by atoms with Crippen molar-refractivity contribution >= 4 is 71.2 Å². The van der Waals surface area contributed by atoms with E-state index in [0.717, 1.165) is 69.5 Å². The second kappa shape index (κ2) is 14.4. The molecule has 254 valence electrons. The molecule has 8 nitrogen and oxygen atoms in total. The first-order chi connectivity index (χ1) is 22.1. The fourth-order valence-electron chi connectivity index (χ4n) is 6.25. The number of thiazole rings is 2. The van der Waals surface area contributed by atoms with Crippen LogP contribution in [-0.4, -0.2) is 56.2 Å². The van der Waals surface area contributed by atoms with Gasteiger partial charge in [-0.2, -0.15) is 0 Å². The van der Waals surface area contributed by atoms with E-state index in [1.54, 1.807) is 22.7 Å². The number of hydrogen-bond acceptors (Lipinski definition) is 8. The molecule has 0 spiro atoms. The van der Waals surface area contributed by atoms with Crippen molar-refractivity contribution in [2.75, 3.05) is 13.1 Å². The third-order valence-corrected chi connectivity index (χ3v) is 10.7. The summed E-state index contributed by atoms with van der Waals surface area (Å²) in [5.74, 6) is 0.993. The number of amides is 2. The predicted molar refractivity (Wildman–Crippen MR) is 195 cm³/mol. The number of hydrogen-bond donors (Lipinski definition) is 0. The highest BCUT2D eigenvalue weighted by molar-refractivity contribution is 9.11. The van der Waals surface area contributed by atoms with Gasteiger partial charge in [-0.05, 0) is 130 Å². The van der Waals surface area contributed by atoms with Crippen molar-refractivity contribution in [1.29, 1.82) is 0 Å². The van der Waals surface area contributed by atoms with Crippen LogP contribution in [0.3, 0.4) is 0 Å². The van der Waals surface area contributed by atoms with Gasteiger partial charge < -0.3 is 19.3 Å². The minimum absolute atomic E-state index is 0.0564. The normalized spacial score (nSPS) is 22.1. The van der Waals surface area contributed by atoms with Gasteiger partial charge in [0, 0.05) is 13.1 Å². The first kappa shape index (κ1) is 35.5. The fourth-order valence-corrected chi connectivity index (χ4v) is 8.29. The van der Waals surface area contributed by atoms with Crippen LogP contribution in [0.4, 0.5) is 9.59 Å². The molecule has 4 heterocycles. The van der Waals surface area contributed by atoms with Gasteiger partial charge in [-0.3, -0.25) is 0 Å². The molecule has 4 unspecified atom stereocenters. The summed E-state index contributed by atoms with van der Waals surface area (Å²) in [7, 11) is 0. The minimum Gasteiger partial charge on any atom is -0.444 e. The number of benzene rings is 2. The lowest BCUT2D eigenvalue weighted by atomic mass is 9.90. The number of fused-ring (bicyclic) bond motifs is 2. The van der Waals surface area contributed by atoms with Crippen LogP contribution in [0.5, 0.6) is 0 Å². The summed E-state index contributed by atoms with van der Waals surface area (Å²) in [6.45, 7) is 17.3. The maximum Gasteiger partial charge on any atom is 0.410 e. The maximum atomic E-state index is 12.7. The Balaban J connectivity index is 0.000000185. The van der Waals surface area contributed by atoms with Gasteiger partial charge in [-0.15, -0.1) is 22.7 Å². The molecule has 2 aromatic heterocycles. The number of halogens is 1. The van der Waals surface area contributed by atoms with Gasteiger partial charge in [0.1, 0.15) is 11.2 Å². The average Bonchev–Trinajstić information content (AvgIpc) is 3.60. The number of carbonyl (C=O) groups is 2. The van der Waals surface area contributed by atoms with Gasteiger partial charge in [-0.1, -0.05) is 26.0 Å². The Bertz CT molecular complexity index is 1710. The molecular weight excluding hydrogens is 696 g/mol. The van der Waals surface area contributed by atoms with E-state index in [-0.39, 0.29) is 24.3 Å². The quantitative estimate of drug-likeness (QED) is 0.203. The van der Waals surface area contributed by atoms with Crippen molar-refractivity contribution in [1.82, 2.24) is 19.8 Å². The Morgan fingerprint density at radius 3 is 1.77 bits per heavy atom. The molecule has 2 amide bonds. The monoisotopic (exact) mass is 742 g/mol. The third kappa shape index (κ3) is 9.23. The fraction of sp³-hybridized carbons (Fsp3) is 0.556. The Kier molecular flexibility index (Phi) is 10.9. The van der Waals surface area contributed by atoms with Gasteiger partial charge >= 0.3 is 12.2 Å². The second-order valence-electron chi connectivity index (χ2n) is 14.9. The molecule has 0 bridgehead atoms. The molecule has 2 aromatic carbocycles. The zero-order chi connectivity index (χ0) is 34.1. The molecule has 4 aromatic rings. The van der Waals surface area contributed by atoms with Crippen LogP contribution < -0.4 is 0 Å². The van der Waals surface area contributed by atoms with E-state index in [2.05, 4.69) is 76.1 Å². The van der Waals surface area contributed by atoms with E-state index in [1.807, 2.05) is 56.9 Å². The number of rotatable bonds is 2. The highest BCUT2D eigenvalue weighted by Crippen LogP contribution is 2.38. The van der Waals surface area contributed by atoms with Gasteiger partial charge in [-0.25, -0.2) is 19.6 Å². The first-order valence-electron chi connectivity index (χ1n) is 16.4. The molecule has 0 N–H and O–H groups in total. The molecule has 4 atom stereocenters. The summed E-state index contributed by atoms with van der Waals surface area (Å²) in [5.41, 5.74) is 5.19. The highest BCUT2D eigenvalue weighted by atomic mass is 79.9. The van der Waals surface area contributed by atoms with E-state index < -0.39 is 11.2 Å². The van der Waals surface area contributed by atoms with Crippen molar-refractivity contribution in [3.05, 3.63) is 57.0 Å². The summed E-state index contributed by atoms with van der Waals surface area (Å²) < 4.78 is 14.5. The Hall–Kier alpha value is -2.76. The molecule has 0 aliphatic carbocycles. The van der Waals surface area contributed by atoms with Crippen LogP contribution in [0.15, 0.2) is 45.8 Å². The van der Waals surface area contributed by atoms with Gasteiger partial charge in [0.15, 0.2) is 3.92 Å². The average molecular weight is 744 g/mol. The summed E-state index contributed by atoms with van der Waals surface area (Å²) in [6, 6.07) is 12.8. The smallest absolute Gasteiger partial charge is 0.410 e. The van der Waals surface area contributed by atoms with Crippen molar-refractivity contribution in [3.63, 3.8) is 0 Å². The SMILES string of the molecule is CC1CCC(c2ccc3sc(Br)nc3c2)N(C(=O)OC(C)(C)C)C1.CC1CCC(c2ccc3scnc3c2)N(C(=O)OC(C)(C)C)C1. The molecule has 0 saturated carbocycles. The molecule has 47 heavy (non-hydrogen) atoms. The zero-order valence-corrected chi connectivity index (χ0v) is 31.9. The molecule has 6 rings (SSSR count). The standard InChI is InChI=1S/C18H23BrN2O2S.C18H24N2O2S/c1-11-5-7-14(21(10-11)17(22)23-18(2,3)4)12-6-8-15-13(9-12)20-16(19)24-15;1-12-5-7-15(20(10-12)17(21)22-18(2,3)4)13-6-8-16-14(9-13)19-11-23-16/h6,8-9,11,14H,5,7,10H2,1-4H3;6,8-9,11-12,15H,5,7,10H2,1-4H3. The van der Waals surface area contributed by atoms with Crippen LogP contribution in [-0.2, 0) is 9.47 Å². The second-order valence-corrected chi connectivity index (χ2v) is 18.1. The molecule has 2 saturated heterocycles. The number of carbonyl (C=O) groups excluding carboxylic acids is 2. The molecule has 0 radical (unpaired) electrons. The topological polar surface area (TPSA) is 84.9 Å². The van der Waals surface area contributed by atoms with E-state index in [0.29, 0.717) is 11.8 Å². The van der Waals surface area contributed by atoms with Crippen molar-refractivity contribution < 1.29 is 19.1 Å². The Labute approximate surface area is 295 Å². The predicted octanol–water partition coefficient (Wildman–Crippen LogP) is 10.8. The van der Waals surface area contributed by atoms with Crippen molar-refractivity contribution in [2.45, 2.75) is 104 Å². The van der Waals surface area contributed by atoms with Crippen LogP contribution in [0.25, 0.3) is 20.4 Å². The number of ether oxygens (including phenoxy) is 2. The van der Waals surface area contributed by atoms with Crippen LogP contribution in [0.2, 0.25) is 0 Å². The van der Waals surface area contributed by atoms with Crippen molar-refractivity contribution in [2.24, 2.45) is 11.8 Å². The van der Waals surface area contributed by atoms with Gasteiger partial charge in [0.05, 0.1) is 38.0 Å². The number of aromatic nitrogens is 2. The first-order valence-corrected chi connectivity index (χ1v) is 18.9.